The molecule has 0 saturated carbocycles. The van der Waals surface area contributed by atoms with E-state index in [0.29, 0.717) is 11.5 Å². The number of hydrogen-bond donors (Lipinski definition) is 2. The van der Waals surface area contributed by atoms with Gasteiger partial charge in [0.05, 0.1) is 18.4 Å². The molecule has 2 rings (SSSR count). The van der Waals surface area contributed by atoms with Crippen molar-refractivity contribution in [2.75, 3.05) is 12.4 Å². The molecule has 7 heteroatoms. The van der Waals surface area contributed by atoms with Crippen LogP contribution in [0.15, 0.2) is 28.8 Å². The molecular weight excluding hydrogens is 264 g/mol. The lowest BCUT2D eigenvalue weighted by Crippen LogP contribution is -2.13. The van der Waals surface area contributed by atoms with E-state index in [0.717, 1.165) is 0 Å². The number of ether oxygens (including phenoxy) is 1. The molecule has 1 aromatic carbocycles. The van der Waals surface area contributed by atoms with Gasteiger partial charge < -0.3 is 19.7 Å². The number of anilines is 1. The van der Waals surface area contributed by atoms with E-state index >= 15 is 0 Å². The molecule has 2 aromatic rings. The third kappa shape index (κ3) is 2.77. The Bertz CT molecular complexity index is 663. The second-order valence-electron chi connectivity index (χ2n) is 4.00. The van der Waals surface area contributed by atoms with Gasteiger partial charge in [0.2, 0.25) is 0 Å². The minimum absolute atomic E-state index is 0.0393. The number of aromatic carboxylic acids is 1. The normalized spacial score (nSPS) is 10.1. The summed E-state index contributed by atoms with van der Waals surface area (Å²) in [7, 11) is 1.42. The zero-order valence-electron chi connectivity index (χ0n) is 10.8. The van der Waals surface area contributed by atoms with Crippen LogP contribution in [0.25, 0.3) is 0 Å². The van der Waals surface area contributed by atoms with Gasteiger partial charge in [0.25, 0.3) is 5.91 Å². The molecule has 1 amide bonds. The van der Waals surface area contributed by atoms with Gasteiger partial charge in [-0.05, 0) is 25.1 Å². The standard InChI is InChI=1S/C13H12N2O5/c1-7-5-10(15-20-7)12(16)14-9-6-8(13(17)18)3-4-11(9)19-2/h3-6H,1-2H3,(H,14,16)(H,17,18). The molecule has 7 nitrogen and oxygen atoms in total. The van der Waals surface area contributed by atoms with Gasteiger partial charge in [0, 0.05) is 6.07 Å². The smallest absolute Gasteiger partial charge is 0.335 e. The molecule has 0 aliphatic heterocycles. The molecule has 0 saturated heterocycles. The highest BCUT2D eigenvalue weighted by atomic mass is 16.5. The first-order valence-electron chi connectivity index (χ1n) is 5.67. The van der Waals surface area contributed by atoms with Crippen molar-refractivity contribution in [1.82, 2.24) is 5.16 Å². The fourth-order valence-electron chi connectivity index (χ4n) is 1.60. The highest BCUT2D eigenvalue weighted by Crippen LogP contribution is 2.26. The Morgan fingerprint density at radius 3 is 2.65 bits per heavy atom. The number of hydrogen-bond acceptors (Lipinski definition) is 5. The molecular formula is C13H12N2O5. The Morgan fingerprint density at radius 1 is 1.35 bits per heavy atom. The number of carbonyl (C=O) groups excluding carboxylic acids is 1. The molecule has 0 radical (unpaired) electrons. The second kappa shape index (κ2) is 5.43. The fourth-order valence-corrected chi connectivity index (χ4v) is 1.60. The predicted molar refractivity (Wildman–Crippen MR) is 69.1 cm³/mol. The lowest BCUT2D eigenvalue weighted by molar-refractivity contribution is 0.0696. The highest BCUT2D eigenvalue weighted by molar-refractivity contribution is 6.04. The Labute approximate surface area is 114 Å². The van der Waals surface area contributed by atoms with Gasteiger partial charge in [-0.2, -0.15) is 0 Å². The van der Waals surface area contributed by atoms with Crippen LogP contribution in [0.4, 0.5) is 5.69 Å². The van der Waals surface area contributed by atoms with Gasteiger partial charge in [-0.1, -0.05) is 5.16 Å². The van der Waals surface area contributed by atoms with Crippen LogP contribution in [-0.2, 0) is 0 Å². The van der Waals surface area contributed by atoms with Crippen molar-refractivity contribution < 1.29 is 24.0 Å². The van der Waals surface area contributed by atoms with E-state index in [9.17, 15) is 9.59 Å². The van der Waals surface area contributed by atoms with E-state index < -0.39 is 11.9 Å². The number of benzene rings is 1. The number of carboxylic acid groups (broad SMARTS) is 1. The summed E-state index contributed by atoms with van der Waals surface area (Å²) < 4.78 is 9.88. The molecule has 1 heterocycles. The summed E-state index contributed by atoms with van der Waals surface area (Å²) >= 11 is 0. The van der Waals surface area contributed by atoms with Crippen LogP contribution in [0, 0.1) is 6.92 Å². The number of nitrogens with zero attached hydrogens (tertiary/aromatic N) is 1. The summed E-state index contributed by atoms with van der Waals surface area (Å²) in [5.74, 6) is -0.756. The summed E-state index contributed by atoms with van der Waals surface area (Å²) in [5.41, 5.74) is 0.390. The second-order valence-corrected chi connectivity index (χ2v) is 4.00. The highest BCUT2D eigenvalue weighted by Gasteiger charge is 2.15. The van der Waals surface area contributed by atoms with Crippen molar-refractivity contribution in [2.45, 2.75) is 6.92 Å². The third-order valence-electron chi connectivity index (χ3n) is 2.56. The van der Waals surface area contributed by atoms with E-state index in [1.54, 1.807) is 6.92 Å². The Kier molecular flexibility index (Phi) is 3.69. The number of rotatable bonds is 4. The molecule has 0 spiro atoms. The van der Waals surface area contributed by atoms with E-state index in [1.807, 2.05) is 0 Å². The first-order valence-corrected chi connectivity index (χ1v) is 5.67. The van der Waals surface area contributed by atoms with Crippen molar-refractivity contribution in [3.63, 3.8) is 0 Å². The maximum atomic E-state index is 11.9. The lowest BCUT2D eigenvalue weighted by Gasteiger charge is -2.09. The summed E-state index contributed by atoms with van der Waals surface area (Å²) in [6, 6.07) is 5.64. The number of carbonyl (C=O) groups is 2. The van der Waals surface area contributed by atoms with E-state index in [2.05, 4.69) is 10.5 Å². The van der Waals surface area contributed by atoms with Crippen molar-refractivity contribution >= 4 is 17.6 Å². The molecule has 0 unspecified atom stereocenters. The molecule has 0 aliphatic carbocycles. The number of methoxy groups -OCH3 is 1. The average Bonchev–Trinajstić information content (AvgIpc) is 2.85. The number of nitrogens with one attached hydrogen (secondary N) is 1. The van der Waals surface area contributed by atoms with E-state index in [-0.39, 0.29) is 16.9 Å². The Hall–Kier alpha value is -2.83. The fraction of sp³-hybridized carbons (Fsp3) is 0.154. The molecule has 2 N–H and O–H groups in total. The van der Waals surface area contributed by atoms with Crippen molar-refractivity contribution in [3.05, 3.63) is 41.3 Å². The maximum absolute atomic E-state index is 11.9. The van der Waals surface area contributed by atoms with Crippen molar-refractivity contribution in [1.29, 1.82) is 0 Å². The number of carboxylic acids is 1. The molecule has 0 fully saturated rings. The predicted octanol–water partition coefficient (Wildman–Crippen LogP) is 1.94. The lowest BCUT2D eigenvalue weighted by atomic mass is 10.2. The molecule has 20 heavy (non-hydrogen) atoms. The minimum Gasteiger partial charge on any atom is -0.495 e. The topological polar surface area (TPSA) is 102 Å². The van der Waals surface area contributed by atoms with Crippen LogP contribution in [0.3, 0.4) is 0 Å². The monoisotopic (exact) mass is 276 g/mol. The minimum atomic E-state index is -1.10. The third-order valence-corrected chi connectivity index (χ3v) is 2.56. The first kappa shape index (κ1) is 13.6. The zero-order valence-corrected chi connectivity index (χ0v) is 10.8. The van der Waals surface area contributed by atoms with Crippen LogP contribution in [0.1, 0.15) is 26.6 Å². The van der Waals surface area contributed by atoms with Gasteiger partial charge >= 0.3 is 5.97 Å². The SMILES string of the molecule is COc1ccc(C(=O)O)cc1NC(=O)c1cc(C)on1. The molecule has 0 atom stereocenters. The van der Waals surface area contributed by atoms with Crippen LogP contribution in [0.2, 0.25) is 0 Å². The van der Waals surface area contributed by atoms with Gasteiger partial charge in [-0.15, -0.1) is 0 Å². The summed E-state index contributed by atoms with van der Waals surface area (Å²) in [5, 5.41) is 15.1. The number of aromatic nitrogens is 1. The van der Waals surface area contributed by atoms with Crippen LogP contribution < -0.4 is 10.1 Å². The van der Waals surface area contributed by atoms with Crippen LogP contribution in [0.5, 0.6) is 5.75 Å². The molecule has 0 bridgehead atoms. The van der Waals surface area contributed by atoms with Crippen molar-refractivity contribution in [2.24, 2.45) is 0 Å². The van der Waals surface area contributed by atoms with E-state index in [4.69, 9.17) is 14.4 Å². The van der Waals surface area contributed by atoms with Crippen molar-refractivity contribution in [3.8, 4) is 5.75 Å². The first-order chi connectivity index (χ1) is 9.51. The molecule has 1 aromatic heterocycles. The number of aryl methyl sites for hydroxylation is 1. The van der Waals surface area contributed by atoms with Gasteiger partial charge in [-0.3, -0.25) is 4.79 Å². The largest absolute Gasteiger partial charge is 0.495 e. The quantitative estimate of drug-likeness (QED) is 0.884. The van der Waals surface area contributed by atoms with Crippen LogP contribution in [-0.4, -0.2) is 29.2 Å². The Balaban J connectivity index is 2.29. The molecule has 0 aliphatic rings. The summed E-state index contributed by atoms with van der Waals surface area (Å²) in [6.07, 6.45) is 0. The average molecular weight is 276 g/mol. The molecule has 104 valence electrons. The van der Waals surface area contributed by atoms with Crippen LogP contribution >= 0.6 is 0 Å². The van der Waals surface area contributed by atoms with Gasteiger partial charge in [0.15, 0.2) is 5.69 Å². The zero-order chi connectivity index (χ0) is 14.7. The summed E-state index contributed by atoms with van der Waals surface area (Å²) in [4.78, 5) is 22.9. The van der Waals surface area contributed by atoms with Gasteiger partial charge in [0.1, 0.15) is 11.5 Å². The number of amides is 1. The van der Waals surface area contributed by atoms with Gasteiger partial charge in [-0.25, -0.2) is 4.79 Å². The maximum Gasteiger partial charge on any atom is 0.335 e. The Morgan fingerprint density at radius 2 is 2.10 bits per heavy atom. The summed E-state index contributed by atoms with van der Waals surface area (Å²) in [6.45, 7) is 1.66. The van der Waals surface area contributed by atoms with E-state index in [1.165, 1.54) is 31.4 Å².